The zero-order chi connectivity index (χ0) is 21.6. The summed E-state index contributed by atoms with van der Waals surface area (Å²) in [5.74, 6) is -0.169. The van der Waals surface area contributed by atoms with Crippen molar-refractivity contribution < 1.29 is 32.5 Å². The third-order valence-electron chi connectivity index (χ3n) is 4.34. The number of halogens is 3. The van der Waals surface area contributed by atoms with Gasteiger partial charge in [-0.05, 0) is 44.0 Å². The molecular weight excluding hydrogens is 387 g/mol. The maximum absolute atomic E-state index is 12.6. The molecule has 5 nitrogen and oxygen atoms in total. The first kappa shape index (κ1) is 22.4. The van der Waals surface area contributed by atoms with E-state index >= 15 is 0 Å². The van der Waals surface area contributed by atoms with Crippen LogP contribution in [0.5, 0.6) is 17.2 Å². The highest BCUT2D eigenvalue weighted by atomic mass is 19.4. The van der Waals surface area contributed by atoms with Crippen LogP contribution in [0.15, 0.2) is 30.3 Å². The van der Waals surface area contributed by atoms with E-state index < -0.39 is 30.6 Å². The van der Waals surface area contributed by atoms with Gasteiger partial charge in [0.05, 0.1) is 18.8 Å². The van der Waals surface area contributed by atoms with Gasteiger partial charge in [-0.15, -0.1) is 0 Å². The van der Waals surface area contributed by atoms with Gasteiger partial charge in [0.25, 0.3) is 0 Å². The second-order valence-corrected chi connectivity index (χ2v) is 6.68. The van der Waals surface area contributed by atoms with Gasteiger partial charge in [0.15, 0.2) is 5.78 Å². The summed E-state index contributed by atoms with van der Waals surface area (Å²) in [4.78, 5) is 11.6. The molecule has 2 aromatic rings. The van der Waals surface area contributed by atoms with Gasteiger partial charge in [-0.1, -0.05) is 6.07 Å². The Morgan fingerprint density at radius 1 is 1.14 bits per heavy atom. The molecule has 2 rings (SSSR count). The third kappa shape index (κ3) is 6.58. The van der Waals surface area contributed by atoms with Crippen molar-refractivity contribution in [2.24, 2.45) is 0 Å². The first-order valence-corrected chi connectivity index (χ1v) is 9.12. The quantitative estimate of drug-likeness (QED) is 0.351. The van der Waals surface area contributed by atoms with Crippen molar-refractivity contribution >= 4 is 11.5 Å². The van der Waals surface area contributed by atoms with Crippen molar-refractivity contribution in [1.29, 1.82) is 0 Å². The van der Waals surface area contributed by atoms with Gasteiger partial charge in [0.1, 0.15) is 17.2 Å². The molecule has 3 N–H and O–H groups in total. The van der Waals surface area contributed by atoms with E-state index in [-0.39, 0.29) is 23.5 Å². The maximum atomic E-state index is 12.6. The van der Waals surface area contributed by atoms with Crippen LogP contribution in [0.1, 0.15) is 41.3 Å². The van der Waals surface area contributed by atoms with Crippen molar-refractivity contribution in [2.45, 2.75) is 39.3 Å². The number of aryl methyl sites for hydroxylation is 1. The van der Waals surface area contributed by atoms with Crippen LogP contribution < -0.4 is 15.2 Å². The molecule has 0 saturated heterocycles. The van der Waals surface area contributed by atoms with Crippen LogP contribution in [0, 0.1) is 6.92 Å². The fourth-order valence-electron chi connectivity index (χ4n) is 2.68. The predicted molar refractivity (Wildman–Crippen MR) is 104 cm³/mol. The lowest BCUT2D eigenvalue weighted by atomic mass is 10.0. The topological polar surface area (TPSA) is 81.8 Å². The molecule has 0 amide bonds. The Labute approximate surface area is 167 Å². The lowest BCUT2D eigenvalue weighted by Gasteiger charge is -2.16. The van der Waals surface area contributed by atoms with Crippen LogP contribution in [0.4, 0.5) is 18.9 Å². The minimum absolute atomic E-state index is 0.0257. The highest BCUT2D eigenvalue weighted by molar-refractivity contribution is 5.97. The minimum Gasteiger partial charge on any atom is -0.507 e. The number of phenols is 1. The van der Waals surface area contributed by atoms with Gasteiger partial charge in [0, 0.05) is 30.2 Å². The zero-order valence-electron chi connectivity index (χ0n) is 16.3. The lowest BCUT2D eigenvalue weighted by molar-refractivity contribution is -0.134. The average Bonchev–Trinajstić information content (AvgIpc) is 2.62. The number of nitrogens with two attached hydrogens (primary N) is 1. The summed E-state index contributed by atoms with van der Waals surface area (Å²) in [6.07, 6.45) is -5.54. The monoisotopic (exact) mass is 411 g/mol. The molecule has 0 bridgehead atoms. The summed E-state index contributed by atoms with van der Waals surface area (Å²) in [7, 11) is 0. The van der Waals surface area contributed by atoms with Gasteiger partial charge in [-0.25, -0.2) is 0 Å². The number of ether oxygens (including phenoxy) is 2. The number of hydrogen-bond acceptors (Lipinski definition) is 5. The highest BCUT2D eigenvalue weighted by Gasteiger charge is 2.28. The van der Waals surface area contributed by atoms with Gasteiger partial charge >= 0.3 is 6.18 Å². The molecule has 0 aliphatic carbocycles. The molecule has 0 radical (unpaired) electrons. The van der Waals surface area contributed by atoms with Gasteiger partial charge < -0.3 is 20.3 Å². The van der Waals surface area contributed by atoms with Gasteiger partial charge in [0.2, 0.25) is 0 Å². The molecule has 0 aliphatic rings. The molecule has 0 fully saturated rings. The third-order valence-corrected chi connectivity index (χ3v) is 4.34. The summed E-state index contributed by atoms with van der Waals surface area (Å²) < 4.78 is 49.0. The molecule has 2 aromatic carbocycles. The Bertz CT molecular complexity index is 866. The molecular formula is C21H24F3NO4. The second kappa shape index (κ2) is 9.54. The molecule has 0 heterocycles. The number of hydrogen-bond donors (Lipinski definition) is 2. The molecule has 0 saturated carbocycles. The molecule has 0 spiro atoms. The van der Waals surface area contributed by atoms with Crippen LogP contribution in [0.3, 0.4) is 0 Å². The number of alkyl halides is 3. The fraction of sp³-hybridized carbons (Fsp3) is 0.381. The molecule has 8 heteroatoms. The maximum Gasteiger partial charge on any atom is 0.389 e. The lowest BCUT2D eigenvalue weighted by Crippen LogP contribution is -2.11. The Kier molecular flexibility index (Phi) is 7.36. The van der Waals surface area contributed by atoms with E-state index in [0.717, 1.165) is 5.56 Å². The van der Waals surface area contributed by atoms with Crippen LogP contribution in [-0.4, -0.2) is 30.3 Å². The summed E-state index contributed by atoms with van der Waals surface area (Å²) in [6, 6.07) is 8.09. The number of carbonyl (C=O) groups is 1. The number of rotatable bonds is 9. The summed E-state index contributed by atoms with van der Waals surface area (Å²) in [5, 5.41) is 10.2. The number of phenolic OH excluding ortho intramolecular Hbond substituents is 1. The van der Waals surface area contributed by atoms with Crippen molar-refractivity contribution in [3.05, 3.63) is 47.0 Å². The van der Waals surface area contributed by atoms with Crippen LogP contribution in [0.2, 0.25) is 0 Å². The highest BCUT2D eigenvalue weighted by Crippen LogP contribution is 2.35. The molecule has 0 aromatic heterocycles. The SMILES string of the molecule is CC(=O)c1ccc(OCCCOc2ccc(C)c(N)c2)c(CCC(F)(F)F)c1O. The summed E-state index contributed by atoms with van der Waals surface area (Å²) in [6.45, 7) is 3.60. The van der Waals surface area contributed by atoms with Crippen LogP contribution in [-0.2, 0) is 6.42 Å². The van der Waals surface area contributed by atoms with E-state index in [1.54, 1.807) is 12.1 Å². The molecule has 0 unspecified atom stereocenters. The number of benzene rings is 2. The largest absolute Gasteiger partial charge is 0.507 e. The normalized spacial score (nSPS) is 11.3. The van der Waals surface area contributed by atoms with Crippen LogP contribution >= 0.6 is 0 Å². The van der Waals surface area contributed by atoms with Crippen molar-refractivity contribution in [3.8, 4) is 17.2 Å². The van der Waals surface area contributed by atoms with Crippen molar-refractivity contribution in [2.75, 3.05) is 18.9 Å². The summed E-state index contributed by atoms with van der Waals surface area (Å²) >= 11 is 0. The number of anilines is 1. The van der Waals surface area contributed by atoms with E-state index in [9.17, 15) is 23.1 Å². The average molecular weight is 411 g/mol. The van der Waals surface area contributed by atoms with Gasteiger partial charge in [-0.2, -0.15) is 13.2 Å². The van der Waals surface area contributed by atoms with E-state index in [0.29, 0.717) is 24.5 Å². The number of Topliss-reactive ketones (excluding diaryl/α,β-unsaturated/α-hetero) is 1. The first-order valence-electron chi connectivity index (χ1n) is 9.12. The van der Waals surface area contributed by atoms with E-state index in [2.05, 4.69) is 0 Å². The Balaban J connectivity index is 1.98. The minimum atomic E-state index is -4.39. The fourth-order valence-corrected chi connectivity index (χ4v) is 2.68. The number of aromatic hydroxyl groups is 1. The van der Waals surface area contributed by atoms with E-state index in [1.165, 1.54) is 19.1 Å². The van der Waals surface area contributed by atoms with E-state index in [1.807, 2.05) is 13.0 Å². The first-order chi connectivity index (χ1) is 13.6. The Hall–Kier alpha value is -2.90. The Morgan fingerprint density at radius 3 is 2.45 bits per heavy atom. The number of nitrogen functional groups attached to an aromatic ring is 1. The Morgan fingerprint density at radius 2 is 1.83 bits per heavy atom. The molecule has 0 atom stereocenters. The standard InChI is InChI=1S/C21H24F3NO4/c1-13-4-5-15(12-18(13)25)28-10-3-11-29-19-7-6-16(14(2)26)20(27)17(19)8-9-21(22,23)24/h4-7,12,27H,3,8-11,25H2,1-2H3. The van der Waals surface area contributed by atoms with Gasteiger partial charge in [-0.3, -0.25) is 4.79 Å². The van der Waals surface area contributed by atoms with Crippen LogP contribution in [0.25, 0.3) is 0 Å². The van der Waals surface area contributed by atoms with Crippen molar-refractivity contribution in [1.82, 2.24) is 0 Å². The molecule has 29 heavy (non-hydrogen) atoms. The zero-order valence-corrected chi connectivity index (χ0v) is 16.3. The molecule has 0 aliphatic heterocycles. The number of ketones is 1. The number of carbonyl (C=O) groups excluding carboxylic acids is 1. The van der Waals surface area contributed by atoms with Crippen molar-refractivity contribution in [3.63, 3.8) is 0 Å². The van der Waals surface area contributed by atoms with E-state index in [4.69, 9.17) is 15.2 Å². The summed E-state index contributed by atoms with van der Waals surface area (Å²) in [5.41, 5.74) is 7.32. The second-order valence-electron chi connectivity index (χ2n) is 6.68. The molecule has 158 valence electrons. The predicted octanol–water partition coefficient (Wildman–Crippen LogP) is 4.83. The smallest absolute Gasteiger partial charge is 0.389 e.